The van der Waals surface area contributed by atoms with Gasteiger partial charge in [0.2, 0.25) is 5.91 Å². The molecule has 1 aromatic rings. The number of hydrogen-bond donors (Lipinski definition) is 1. The number of anilines is 1. The molecule has 0 radical (unpaired) electrons. The van der Waals surface area contributed by atoms with Crippen molar-refractivity contribution >= 4 is 11.6 Å². The van der Waals surface area contributed by atoms with Gasteiger partial charge in [-0.25, -0.2) is 0 Å². The van der Waals surface area contributed by atoms with Crippen LogP contribution in [-0.4, -0.2) is 16.8 Å². The highest BCUT2D eigenvalue weighted by atomic mass is 16.2. The molecule has 0 aromatic heterocycles. The fourth-order valence-electron chi connectivity index (χ4n) is 2.30. The van der Waals surface area contributed by atoms with Crippen molar-refractivity contribution in [3.8, 4) is 6.19 Å². The van der Waals surface area contributed by atoms with Crippen molar-refractivity contribution in [2.24, 2.45) is 5.92 Å². The first-order valence-corrected chi connectivity index (χ1v) is 6.22. The van der Waals surface area contributed by atoms with E-state index in [1.165, 1.54) is 0 Å². The van der Waals surface area contributed by atoms with E-state index in [2.05, 4.69) is 11.5 Å². The second-order valence-corrected chi connectivity index (χ2v) is 4.70. The van der Waals surface area contributed by atoms with E-state index in [1.807, 2.05) is 38.1 Å². The minimum atomic E-state index is -0.382. The highest BCUT2D eigenvalue weighted by Gasteiger charge is 2.33. The summed E-state index contributed by atoms with van der Waals surface area (Å²) < 4.78 is 0. The molecule has 0 saturated heterocycles. The van der Waals surface area contributed by atoms with Crippen LogP contribution in [0.2, 0.25) is 0 Å². The van der Waals surface area contributed by atoms with Crippen molar-refractivity contribution < 1.29 is 4.79 Å². The summed E-state index contributed by atoms with van der Waals surface area (Å²) in [5, 5.41) is 12.2. The Bertz CT molecular complexity index is 492. The van der Waals surface area contributed by atoms with Crippen LogP contribution in [0.5, 0.6) is 0 Å². The summed E-state index contributed by atoms with van der Waals surface area (Å²) in [7, 11) is 0. The van der Waals surface area contributed by atoms with E-state index in [9.17, 15) is 10.1 Å². The van der Waals surface area contributed by atoms with E-state index in [4.69, 9.17) is 0 Å². The molecular formula is C14H17N3O. The molecule has 1 aromatic carbocycles. The van der Waals surface area contributed by atoms with Gasteiger partial charge in [-0.05, 0) is 17.5 Å². The minimum absolute atomic E-state index is 0.0872. The standard InChI is InChI=1S/C14H17N3O/c1-3-10(2)13-14(18)16-12-7-5-4-6-11(12)8-17(13)9-15/h4-7,10,13H,3,8H2,1-2H3,(H,16,18)/t10?,13-/m0/s1. The van der Waals surface area contributed by atoms with Gasteiger partial charge in [0.1, 0.15) is 6.04 Å². The third-order valence-corrected chi connectivity index (χ3v) is 3.53. The van der Waals surface area contributed by atoms with Crippen LogP contribution < -0.4 is 5.32 Å². The van der Waals surface area contributed by atoms with Gasteiger partial charge < -0.3 is 5.32 Å². The Hall–Kier alpha value is -2.02. The lowest BCUT2D eigenvalue weighted by molar-refractivity contribution is -0.121. The van der Waals surface area contributed by atoms with Crippen molar-refractivity contribution in [3.63, 3.8) is 0 Å². The van der Waals surface area contributed by atoms with Crippen LogP contribution in [0.3, 0.4) is 0 Å². The molecule has 18 heavy (non-hydrogen) atoms. The highest BCUT2D eigenvalue weighted by Crippen LogP contribution is 2.26. The zero-order chi connectivity index (χ0) is 13.1. The normalized spacial score (nSPS) is 20.4. The maximum absolute atomic E-state index is 12.2. The molecule has 0 bridgehead atoms. The first-order chi connectivity index (χ1) is 8.67. The second-order valence-electron chi connectivity index (χ2n) is 4.70. The summed E-state index contributed by atoms with van der Waals surface area (Å²) in [6.07, 6.45) is 3.02. The largest absolute Gasteiger partial charge is 0.324 e. The summed E-state index contributed by atoms with van der Waals surface area (Å²) in [5.74, 6) is 0.0646. The highest BCUT2D eigenvalue weighted by molar-refractivity contribution is 5.96. The van der Waals surface area contributed by atoms with Crippen LogP contribution in [0.15, 0.2) is 24.3 Å². The topological polar surface area (TPSA) is 56.1 Å². The number of carbonyl (C=O) groups is 1. The van der Waals surface area contributed by atoms with Crippen molar-refractivity contribution in [2.75, 3.05) is 5.32 Å². The van der Waals surface area contributed by atoms with Gasteiger partial charge in [0.05, 0.1) is 6.54 Å². The lowest BCUT2D eigenvalue weighted by atomic mass is 9.97. The predicted octanol–water partition coefficient (Wildman–Crippen LogP) is 2.34. The number of nitrogens with one attached hydrogen (secondary N) is 1. The Balaban J connectivity index is 2.38. The Labute approximate surface area is 107 Å². The maximum Gasteiger partial charge on any atom is 0.248 e. The monoisotopic (exact) mass is 243 g/mol. The average molecular weight is 243 g/mol. The Kier molecular flexibility index (Phi) is 3.52. The van der Waals surface area contributed by atoms with Gasteiger partial charge in [-0.15, -0.1) is 0 Å². The van der Waals surface area contributed by atoms with Crippen LogP contribution in [0.25, 0.3) is 0 Å². The van der Waals surface area contributed by atoms with Gasteiger partial charge in [0.25, 0.3) is 0 Å². The zero-order valence-electron chi connectivity index (χ0n) is 10.7. The van der Waals surface area contributed by atoms with Crippen LogP contribution >= 0.6 is 0 Å². The number of para-hydroxylation sites is 1. The number of amides is 1. The van der Waals surface area contributed by atoms with Gasteiger partial charge in [0.15, 0.2) is 6.19 Å². The molecule has 1 N–H and O–H groups in total. The van der Waals surface area contributed by atoms with E-state index in [1.54, 1.807) is 4.90 Å². The number of carbonyl (C=O) groups excluding carboxylic acids is 1. The van der Waals surface area contributed by atoms with Crippen molar-refractivity contribution in [3.05, 3.63) is 29.8 Å². The summed E-state index contributed by atoms with van der Waals surface area (Å²) in [6.45, 7) is 4.52. The number of rotatable bonds is 2. The molecule has 1 unspecified atom stereocenters. The predicted molar refractivity (Wildman–Crippen MR) is 69.5 cm³/mol. The molecule has 0 fully saturated rings. The van der Waals surface area contributed by atoms with Crippen LogP contribution in [0, 0.1) is 17.4 Å². The third-order valence-electron chi connectivity index (χ3n) is 3.53. The van der Waals surface area contributed by atoms with Crippen LogP contribution in [0.1, 0.15) is 25.8 Å². The molecule has 1 aliphatic rings. The lowest BCUT2D eigenvalue weighted by Gasteiger charge is -2.27. The Morgan fingerprint density at radius 1 is 1.56 bits per heavy atom. The molecule has 2 atom stereocenters. The number of nitriles is 1. The van der Waals surface area contributed by atoms with Gasteiger partial charge in [0, 0.05) is 5.69 Å². The molecule has 1 heterocycles. The molecular weight excluding hydrogens is 226 g/mol. The number of fused-ring (bicyclic) bond motifs is 1. The molecule has 0 spiro atoms. The molecule has 0 aliphatic carbocycles. The van der Waals surface area contributed by atoms with Gasteiger partial charge in [-0.2, -0.15) is 5.26 Å². The summed E-state index contributed by atoms with van der Waals surface area (Å²) in [6, 6.07) is 7.25. The van der Waals surface area contributed by atoms with Gasteiger partial charge in [-0.3, -0.25) is 9.69 Å². The molecule has 94 valence electrons. The summed E-state index contributed by atoms with van der Waals surface area (Å²) >= 11 is 0. The van der Waals surface area contributed by atoms with Crippen molar-refractivity contribution in [1.82, 2.24) is 4.90 Å². The van der Waals surface area contributed by atoms with E-state index in [0.29, 0.717) is 6.54 Å². The van der Waals surface area contributed by atoms with E-state index < -0.39 is 0 Å². The smallest absolute Gasteiger partial charge is 0.248 e. The summed E-state index contributed by atoms with van der Waals surface area (Å²) in [4.78, 5) is 13.8. The van der Waals surface area contributed by atoms with Crippen molar-refractivity contribution in [1.29, 1.82) is 5.26 Å². The first-order valence-electron chi connectivity index (χ1n) is 6.22. The van der Waals surface area contributed by atoms with Gasteiger partial charge >= 0.3 is 0 Å². The number of nitrogens with zero attached hydrogens (tertiary/aromatic N) is 2. The fourth-order valence-corrected chi connectivity index (χ4v) is 2.30. The average Bonchev–Trinajstić information content (AvgIpc) is 2.53. The molecule has 4 nitrogen and oxygen atoms in total. The maximum atomic E-state index is 12.2. The Morgan fingerprint density at radius 2 is 2.28 bits per heavy atom. The third kappa shape index (κ3) is 2.17. The SMILES string of the molecule is CCC(C)[C@H]1C(=O)Nc2ccccc2CN1C#N. The Morgan fingerprint density at radius 3 is 2.94 bits per heavy atom. The van der Waals surface area contributed by atoms with Crippen LogP contribution in [0.4, 0.5) is 5.69 Å². The fraction of sp³-hybridized carbons (Fsp3) is 0.429. The molecule has 1 amide bonds. The zero-order valence-corrected chi connectivity index (χ0v) is 10.7. The van der Waals surface area contributed by atoms with E-state index in [0.717, 1.165) is 17.7 Å². The minimum Gasteiger partial charge on any atom is -0.324 e. The molecule has 0 saturated carbocycles. The van der Waals surface area contributed by atoms with E-state index in [-0.39, 0.29) is 17.9 Å². The quantitative estimate of drug-likeness (QED) is 0.811. The summed E-state index contributed by atoms with van der Waals surface area (Å²) in [5.41, 5.74) is 1.80. The molecule has 4 heteroatoms. The number of hydrogen-bond acceptors (Lipinski definition) is 3. The molecule has 1 aliphatic heterocycles. The number of benzene rings is 1. The van der Waals surface area contributed by atoms with Gasteiger partial charge in [-0.1, -0.05) is 38.5 Å². The van der Waals surface area contributed by atoms with E-state index >= 15 is 0 Å². The second kappa shape index (κ2) is 5.09. The first kappa shape index (κ1) is 12.4. The lowest BCUT2D eigenvalue weighted by Crippen LogP contribution is -2.43. The van der Waals surface area contributed by atoms with Crippen molar-refractivity contribution in [2.45, 2.75) is 32.9 Å². The molecule has 2 rings (SSSR count). The van der Waals surface area contributed by atoms with Crippen LogP contribution in [-0.2, 0) is 11.3 Å².